The number of hydrogen-bond acceptors (Lipinski definition) is 2. The lowest BCUT2D eigenvalue weighted by molar-refractivity contribution is 0.398. The molecule has 6 aromatic carbocycles. The van der Waals surface area contributed by atoms with Gasteiger partial charge < -0.3 is 9.80 Å². The topological polar surface area (TPSA) is 6.48 Å². The number of unbranched alkanes of at least 4 members (excludes halogenated alkanes) is 10. The quantitative estimate of drug-likeness (QED) is 0.0631. The zero-order valence-electron chi connectivity index (χ0n) is 38.4. The monoisotopic (exact) mass is 809 g/mol. The van der Waals surface area contributed by atoms with Crippen LogP contribution >= 0.6 is 0 Å². The van der Waals surface area contributed by atoms with Crippen LogP contribution in [-0.2, 0) is 18.3 Å². The predicted octanol–water partition coefficient (Wildman–Crippen LogP) is 18.1. The average Bonchev–Trinajstić information content (AvgIpc) is 3.54. The molecule has 0 aliphatic heterocycles. The van der Waals surface area contributed by atoms with Crippen LogP contribution in [0.5, 0.6) is 0 Å². The van der Waals surface area contributed by atoms with Crippen molar-refractivity contribution in [2.75, 3.05) is 9.80 Å². The zero-order chi connectivity index (χ0) is 42.6. The van der Waals surface area contributed by atoms with Crippen molar-refractivity contribution in [3.05, 3.63) is 167 Å². The minimum Gasteiger partial charge on any atom is -0.310 e. The molecule has 7 rings (SSSR count). The maximum Gasteiger partial charge on any atom is 0.0465 e. The second-order valence-electron chi connectivity index (χ2n) is 18.0. The molecule has 61 heavy (non-hydrogen) atoms. The van der Waals surface area contributed by atoms with Gasteiger partial charge in [-0.25, -0.2) is 0 Å². The Bertz CT molecular complexity index is 2170. The minimum absolute atomic E-state index is 0.0840. The molecule has 0 aromatic heterocycles. The summed E-state index contributed by atoms with van der Waals surface area (Å²) in [5.74, 6) is 0. The summed E-state index contributed by atoms with van der Waals surface area (Å²) in [5, 5.41) is 0. The van der Waals surface area contributed by atoms with E-state index in [1.807, 2.05) is 0 Å². The smallest absolute Gasteiger partial charge is 0.0465 e. The fourth-order valence-electron chi connectivity index (χ4n) is 10.1. The van der Waals surface area contributed by atoms with Crippen molar-refractivity contribution in [3.8, 4) is 11.1 Å². The second kappa shape index (κ2) is 21.1. The summed E-state index contributed by atoms with van der Waals surface area (Å²) >= 11 is 0. The van der Waals surface area contributed by atoms with Crippen molar-refractivity contribution in [1.82, 2.24) is 0 Å². The highest BCUT2D eigenvalue weighted by Gasteiger charge is 2.43. The van der Waals surface area contributed by atoms with Gasteiger partial charge in [-0.1, -0.05) is 165 Å². The Balaban J connectivity index is 1.41. The summed E-state index contributed by atoms with van der Waals surface area (Å²) in [7, 11) is 0. The first kappa shape index (κ1) is 44.0. The predicted molar refractivity (Wildman–Crippen MR) is 266 cm³/mol. The van der Waals surface area contributed by atoms with Crippen molar-refractivity contribution in [2.45, 2.75) is 150 Å². The van der Waals surface area contributed by atoms with Crippen LogP contribution in [0.2, 0.25) is 0 Å². The van der Waals surface area contributed by atoms with Gasteiger partial charge in [0.2, 0.25) is 0 Å². The van der Waals surface area contributed by atoms with E-state index in [0.717, 1.165) is 12.8 Å². The van der Waals surface area contributed by atoms with Crippen molar-refractivity contribution in [3.63, 3.8) is 0 Å². The Morgan fingerprint density at radius 1 is 0.361 bits per heavy atom. The molecule has 0 atom stereocenters. The molecule has 0 radical (unpaired) electrons. The van der Waals surface area contributed by atoms with Gasteiger partial charge in [0.05, 0.1) is 0 Å². The van der Waals surface area contributed by atoms with Crippen LogP contribution < -0.4 is 9.80 Å². The number of fused-ring (bicyclic) bond motifs is 3. The number of anilines is 6. The molecule has 0 fully saturated rings. The molecule has 0 saturated carbocycles. The summed E-state index contributed by atoms with van der Waals surface area (Å²) in [6.45, 7) is 13.6. The Morgan fingerprint density at radius 3 is 1.11 bits per heavy atom. The summed E-state index contributed by atoms with van der Waals surface area (Å²) < 4.78 is 0. The van der Waals surface area contributed by atoms with E-state index in [2.05, 4.69) is 185 Å². The third-order valence-corrected chi connectivity index (χ3v) is 13.4. The van der Waals surface area contributed by atoms with Crippen LogP contribution in [-0.4, -0.2) is 0 Å². The van der Waals surface area contributed by atoms with Crippen LogP contribution in [0.25, 0.3) is 11.1 Å². The van der Waals surface area contributed by atoms with Crippen LogP contribution in [0.3, 0.4) is 0 Å². The Labute approximate surface area is 370 Å². The molecule has 1 aliphatic rings. The largest absolute Gasteiger partial charge is 0.310 e. The molecule has 0 heterocycles. The molecule has 0 bridgehead atoms. The normalized spacial score (nSPS) is 12.6. The van der Waals surface area contributed by atoms with Crippen molar-refractivity contribution in [2.24, 2.45) is 0 Å². The van der Waals surface area contributed by atoms with Gasteiger partial charge >= 0.3 is 0 Å². The third kappa shape index (κ3) is 10.2. The first-order valence-electron chi connectivity index (χ1n) is 24.1. The molecule has 0 unspecified atom stereocenters. The van der Waals surface area contributed by atoms with Crippen molar-refractivity contribution in [1.29, 1.82) is 0 Å². The van der Waals surface area contributed by atoms with Gasteiger partial charge in [0, 0.05) is 39.5 Å². The van der Waals surface area contributed by atoms with Crippen molar-refractivity contribution < 1.29 is 0 Å². The van der Waals surface area contributed by atoms with Crippen LogP contribution in [0.1, 0.15) is 151 Å². The van der Waals surface area contributed by atoms with Crippen molar-refractivity contribution >= 4 is 34.1 Å². The number of hydrogen-bond donors (Lipinski definition) is 0. The number of nitrogens with zero attached hydrogens (tertiary/aromatic N) is 2. The highest BCUT2D eigenvalue weighted by atomic mass is 15.1. The Hall–Kier alpha value is -5.08. The van der Waals surface area contributed by atoms with Gasteiger partial charge in [0.1, 0.15) is 0 Å². The molecular formula is C59H72N2. The third-order valence-electron chi connectivity index (χ3n) is 13.4. The average molecular weight is 809 g/mol. The molecule has 6 aromatic rings. The molecule has 1 aliphatic carbocycles. The van der Waals surface area contributed by atoms with E-state index in [-0.39, 0.29) is 5.41 Å². The minimum atomic E-state index is -0.0840. The van der Waals surface area contributed by atoms with Gasteiger partial charge in [0.25, 0.3) is 0 Å². The van der Waals surface area contributed by atoms with Gasteiger partial charge in [-0.3, -0.25) is 0 Å². The van der Waals surface area contributed by atoms with E-state index in [9.17, 15) is 0 Å². The molecule has 2 heteroatoms. The van der Waals surface area contributed by atoms with Gasteiger partial charge in [-0.2, -0.15) is 0 Å². The highest BCUT2D eigenvalue weighted by Crippen LogP contribution is 2.57. The maximum absolute atomic E-state index is 2.62. The molecule has 318 valence electrons. The van der Waals surface area contributed by atoms with E-state index < -0.39 is 0 Å². The van der Waals surface area contributed by atoms with Crippen LogP contribution in [0.4, 0.5) is 34.1 Å². The lowest BCUT2D eigenvalue weighted by atomic mass is 9.70. The van der Waals surface area contributed by atoms with Crippen LogP contribution in [0.15, 0.2) is 133 Å². The van der Waals surface area contributed by atoms with Gasteiger partial charge in [-0.15, -0.1) is 0 Å². The lowest BCUT2D eigenvalue weighted by Gasteiger charge is -2.35. The standard InChI is InChI=1S/C59H72N2/c1-7-11-13-15-17-19-37-59(38-20-18-16-14-12-8-2)57-43-53(60(49-29-21-25-45(5)39-49)51-31-23-27-47(9-3)41-51)33-35-55(57)56-36-34-54(44-58(56)59)61(50-30-22-26-46(6)40-50)52-32-24-28-48(10-4)42-52/h21-36,39-44H,7-20,37-38H2,1-6H3. The summed E-state index contributed by atoms with van der Waals surface area (Å²) in [4.78, 5) is 5.03. The molecule has 2 nitrogen and oxygen atoms in total. The van der Waals surface area contributed by atoms with E-state index in [1.165, 1.54) is 169 Å². The Morgan fingerprint density at radius 2 is 0.721 bits per heavy atom. The maximum atomic E-state index is 2.62. The second-order valence-corrected chi connectivity index (χ2v) is 18.0. The number of rotatable bonds is 22. The molecule has 0 amide bonds. The number of benzene rings is 6. The van der Waals surface area contributed by atoms with E-state index in [0.29, 0.717) is 0 Å². The van der Waals surface area contributed by atoms with E-state index in [1.54, 1.807) is 0 Å². The first-order valence-corrected chi connectivity index (χ1v) is 24.1. The van der Waals surface area contributed by atoms with E-state index >= 15 is 0 Å². The fraction of sp³-hybridized carbons (Fsp3) is 0.390. The molecule has 0 saturated heterocycles. The molecule has 0 N–H and O–H groups in total. The molecule has 0 spiro atoms. The first-order chi connectivity index (χ1) is 29.9. The fourth-order valence-corrected chi connectivity index (χ4v) is 10.1. The highest BCUT2D eigenvalue weighted by molar-refractivity contribution is 5.88. The summed E-state index contributed by atoms with van der Waals surface area (Å²) in [6, 6.07) is 51.5. The SMILES string of the molecule is CCCCCCCCC1(CCCCCCCC)c2cc(N(c3cccc(C)c3)c3cccc(CC)c3)ccc2-c2ccc(N(c3cccc(C)c3)c3cccc(CC)c3)cc21. The summed E-state index contributed by atoms with van der Waals surface area (Å²) in [5.41, 5.74) is 18.5. The summed E-state index contributed by atoms with van der Waals surface area (Å²) in [6.07, 6.45) is 20.0. The molecular weight excluding hydrogens is 737 g/mol. The van der Waals surface area contributed by atoms with Gasteiger partial charge in [-0.05, 0) is 157 Å². The van der Waals surface area contributed by atoms with E-state index in [4.69, 9.17) is 0 Å². The van der Waals surface area contributed by atoms with Gasteiger partial charge in [0.15, 0.2) is 0 Å². The Kier molecular flexibility index (Phi) is 15.2. The lowest BCUT2D eigenvalue weighted by Crippen LogP contribution is -2.26. The van der Waals surface area contributed by atoms with Crippen LogP contribution in [0, 0.1) is 13.8 Å². The number of aryl methyl sites for hydroxylation is 4. The zero-order valence-corrected chi connectivity index (χ0v) is 38.4.